The van der Waals surface area contributed by atoms with Crippen LogP contribution in [0.25, 0.3) is 0 Å². The van der Waals surface area contributed by atoms with E-state index in [1.54, 1.807) is 0 Å². The van der Waals surface area contributed by atoms with Crippen molar-refractivity contribution in [1.82, 2.24) is 0 Å². The van der Waals surface area contributed by atoms with E-state index in [0.29, 0.717) is 0 Å². The Kier molecular flexibility index (Phi) is 23.7. The minimum atomic E-state index is -4.17. The molecule has 0 atom stereocenters. The molecule has 0 fully saturated rings. The van der Waals surface area contributed by atoms with E-state index in [1.165, 1.54) is 0 Å². The van der Waals surface area contributed by atoms with E-state index in [2.05, 4.69) is 11.2 Å². The third kappa shape index (κ3) is 170. The Morgan fingerprint density at radius 2 is 1.12 bits per heavy atom. The van der Waals surface area contributed by atoms with Crippen LogP contribution in [0.3, 0.4) is 0 Å². The van der Waals surface area contributed by atoms with Gasteiger partial charge in [-0.3, -0.25) is 0 Å². The quantitative estimate of drug-likeness (QED) is 0.616. The van der Waals surface area contributed by atoms with Crippen LogP contribution in [-0.2, 0) is 4.57 Å². The fourth-order valence-corrected chi connectivity index (χ4v) is 0. The van der Waals surface area contributed by atoms with Gasteiger partial charge in [-0.05, 0) is 0 Å². The third-order valence-electron chi connectivity index (χ3n) is 0. The molecule has 0 saturated heterocycles. The molecule has 0 aliphatic rings. The molecule has 0 aliphatic heterocycles. The summed E-state index contributed by atoms with van der Waals surface area (Å²) in [6.45, 7) is -4.17. The van der Waals surface area contributed by atoms with Gasteiger partial charge < -0.3 is 9.79 Å². The first-order valence-corrected chi connectivity index (χ1v) is 3.27. The highest BCUT2D eigenvalue weighted by Gasteiger charge is 2.01. The standard InChI is InChI=1S/ClH2O3P.3ClH/c1-5(2,3)4;;;/h(H2,2,3,4);3*1H. The Morgan fingerprint density at radius 3 is 1.12 bits per heavy atom. The topological polar surface area (TPSA) is 57.5 Å². The van der Waals surface area contributed by atoms with E-state index in [0.717, 1.165) is 0 Å². The fraction of sp³-hybridized carbons (Fsp3) is 0. The second kappa shape index (κ2) is 8.31. The molecule has 0 spiro atoms. The maximum absolute atomic E-state index is 9.09. The minimum Gasteiger partial charge on any atom is -0.313 e. The van der Waals surface area contributed by atoms with Gasteiger partial charge in [0.05, 0.1) is 0 Å². The molecule has 0 aromatic heterocycles. The molecule has 0 rings (SSSR count). The van der Waals surface area contributed by atoms with Crippen LogP contribution in [0.15, 0.2) is 0 Å². The van der Waals surface area contributed by atoms with E-state index in [-0.39, 0.29) is 37.2 Å². The van der Waals surface area contributed by atoms with E-state index >= 15 is 0 Å². The summed E-state index contributed by atoms with van der Waals surface area (Å²) in [5.41, 5.74) is 0. The second-order valence-electron chi connectivity index (χ2n) is 0.473. The first-order chi connectivity index (χ1) is 2.00. The van der Waals surface area contributed by atoms with Crippen LogP contribution in [0.2, 0.25) is 0 Å². The zero-order valence-electron chi connectivity index (χ0n) is 3.35. The van der Waals surface area contributed by atoms with Crippen molar-refractivity contribution in [3.8, 4) is 0 Å². The van der Waals surface area contributed by atoms with E-state index in [1.807, 2.05) is 0 Å². The maximum Gasteiger partial charge on any atom is 0.419 e. The van der Waals surface area contributed by atoms with Gasteiger partial charge >= 0.3 is 6.95 Å². The number of rotatable bonds is 0. The lowest BCUT2D eigenvalue weighted by Crippen LogP contribution is -1.54. The zero-order valence-corrected chi connectivity index (χ0v) is 7.45. The molecular weight excluding hydrogens is 221 g/mol. The van der Waals surface area contributed by atoms with Gasteiger partial charge in [-0.2, -0.15) is 0 Å². The smallest absolute Gasteiger partial charge is 0.313 e. The molecule has 2 N–H and O–H groups in total. The third-order valence-corrected chi connectivity index (χ3v) is 0. The van der Waals surface area contributed by atoms with Crippen molar-refractivity contribution in [2.24, 2.45) is 0 Å². The van der Waals surface area contributed by atoms with Crippen LogP contribution in [0.4, 0.5) is 0 Å². The van der Waals surface area contributed by atoms with Gasteiger partial charge in [-0.25, -0.2) is 4.57 Å². The van der Waals surface area contributed by atoms with Crippen LogP contribution in [0.1, 0.15) is 0 Å². The Labute approximate surface area is 70.0 Å². The summed E-state index contributed by atoms with van der Waals surface area (Å²) >= 11 is 4.20. The van der Waals surface area contributed by atoms with Gasteiger partial charge in [-0.15, -0.1) is 37.2 Å². The number of halogens is 4. The number of hydrogen-bond donors (Lipinski definition) is 2. The van der Waals surface area contributed by atoms with E-state index < -0.39 is 6.95 Å². The molecule has 56 valence electrons. The molecule has 0 bridgehead atoms. The normalized spacial score (nSPS) is 7.38. The lowest BCUT2D eigenvalue weighted by molar-refractivity contribution is 0.395. The van der Waals surface area contributed by atoms with E-state index in [4.69, 9.17) is 14.4 Å². The first-order valence-electron chi connectivity index (χ1n) is 0.752. The average molecular weight is 226 g/mol. The van der Waals surface area contributed by atoms with Crippen molar-refractivity contribution < 1.29 is 14.4 Å². The first kappa shape index (κ1) is 22.8. The molecule has 0 aromatic carbocycles. The lowest BCUT2D eigenvalue weighted by atomic mass is 15.8. The van der Waals surface area contributed by atoms with Gasteiger partial charge in [-0.1, -0.05) is 0 Å². The van der Waals surface area contributed by atoms with Crippen molar-refractivity contribution in [2.45, 2.75) is 0 Å². The zero-order chi connectivity index (χ0) is 4.50. The summed E-state index contributed by atoms with van der Waals surface area (Å²) in [5, 5.41) is 0. The lowest BCUT2D eigenvalue weighted by Gasteiger charge is -1.80. The molecular formula is H5Cl4O3P. The van der Waals surface area contributed by atoms with Crippen molar-refractivity contribution in [2.75, 3.05) is 0 Å². The Bertz CT molecular complexity index is 57.4. The van der Waals surface area contributed by atoms with Gasteiger partial charge in [0.15, 0.2) is 0 Å². The molecule has 0 saturated carbocycles. The summed E-state index contributed by atoms with van der Waals surface area (Å²) in [4.78, 5) is 14.8. The van der Waals surface area contributed by atoms with Crippen LogP contribution in [0.5, 0.6) is 0 Å². The molecule has 3 nitrogen and oxygen atoms in total. The Morgan fingerprint density at radius 1 is 1.12 bits per heavy atom. The van der Waals surface area contributed by atoms with Crippen LogP contribution in [-0.4, -0.2) is 9.79 Å². The SMILES string of the molecule is Cl.Cl.Cl.O=P(O)(O)Cl. The molecule has 0 heterocycles. The van der Waals surface area contributed by atoms with Crippen molar-refractivity contribution in [3.05, 3.63) is 0 Å². The summed E-state index contributed by atoms with van der Waals surface area (Å²) in [6.07, 6.45) is 0. The highest BCUT2D eigenvalue weighted by Crippen LogP contribution is 2.39. The van der Waals surface area contributed by atoms with Crippen molar-refractivity contribution >= 4 is 55.4 Å². The van der Waals surface area contributed by atoms with Crippen LogP contribution in [0, 0.1) is 0 Å². The predicted octanol–water partition coefficient (Wildman–Crippen LogP) is 1.58. The van der Waals surface area contributed by atoms with Crippen molar-refractivity contribution in [3.63, 3.8) is 0 Å². The van der Waals surface area contributed by atoms with Gasteiger partial charge in [0.2, 0.25) is 0 Å². The highest BCUT2D eigenvalue weighted by molar-refractivity contribution is 7.79. The minimum absolute atomic E-state index is 0. The summed E-state index contributed by atoms with van der Waals surface area (Å²) in [7, 11) is 0. The summed E-state index contributed by atoms with van der Waals surface area (Å²) < 4.78 is 9.09. The predicted molar refractivity (Wildman–Crippen MR) is 39.6 cm³/mol. The molecule has 0 aromatic rings. The van der Waals surface area contributed by atoms with Crippen molar-refractivity contribution in [1.29, 1.82) is 0 Å². The van der Waals surface area contributed by atoms with E-state index in [9.17, 15) is 0 Å². The molecule has 8 heteroatoms. The Hall–Kier alpha value is 1.31. The van der Waals surface area contributed by atoms with Crippen LogP contribution >= 0.6 is 55.4 Å². The molecule has 0 radical (unpaired) electrons. The van der Waals surface area contributed by atoms with Gasteiger partial charge in [0.25, 0.3) is 0 Å². The van der Waals surface area contributed by atoms with Gasteiger partial charge in [0.1, 0.15) is 0 Å². The molecule has 8 heavy (non-hydrogen) atoms. The fourth-order valence-electron chi connectivity index (χ4n) is 0. The summed E-state index contributed by atoms with van der Waals surface area (Å²) in [6, 6.07) is 0. The van der Waals surface area contributed by atoms with Gasteiger partial charge in [0, 0.05) is 11.2 Å². The molecule has 0 aliphatic carbocycles. The largest absolute Gasteiger partial charge is 0.419 e. The summed E-state index contributed by atoms with van der Waals surface area (Å²) in [5.74, 6) is 0. The average Bonchev–Trinajstić information content (AvgIpc) is 0.722. The maximum atomic E-state index is 9.09. The second-order valence-corrected chi connectivity index (χ2v) is 2.74. The monoisotopic (exact) mass is 224 g/mol. The Balaban J connectivity index is -0.0000000267. The number of hydrogen-bond acceptors (Lipinski definition) is 1. The highest BCUT2D eigenvalue weighted by atomic mass is 35.7. The molecule has 0 amide bonds. The van der Waals surface area contributed by atoms with Crippen LogP contribution < -0.4 is 0 Å². The molecule has 0 unspecified atom stereocenters.